The van der Waals surface area contributed by atoms with Gasteiger partial charge in [0.15, 0.2) is 5.75 Å². The first-order valence-electron chi connectivity index (χ1n) is 7.42. The van der Waals surface area contributed by atoms with E-state index in [-0.39, 0.29) is 0 Å². The van der Waals surface area contributed by atoms with Crippen LogP contribution in [0.3, 0.4) is 0 Å². The van der Waals surface area contributed by atoms with Crippen LogP contribution in [0.15, 0.2) is 42.5 Å². The van der Waals surface area contributed by atoms with Gasteiger partial charge in [0.2, 0.25) is 0 Å². The van der Waals surface area contributed by atoms with E-state index >= 15 is 0 Å². The highest BCUT2D eigenvalue weighted by Crippen LogP contribution is 2.33. The van der Waals surface area contributed by atoms with Crippen molar-refractivity contribution < 1.29 is 18.7 Å². The molecule has 0 saturated carbocycles. The summed E-state index contributed by atoms with van der Waals surface area (Å²) in [5, 5.41) is 5.55. The van der Waals surface area contributed by atoms with Gasteiger partial charge >= 0.3 is 6.03 Å². The minimum Gasteiger partial charge on any atom is -0.487 e. The van der Waals surface area contributed by atoms with Crippen molar-refractivity contribution in [1.29, 1.82) is 0 Å². The van der Waals surface area contributed by atoms with Crippen molar-refractivity contribution in [2.75, 3.05) is 30.5 Å². The van der Waals surface area contributed by atoms with E-state index in [1.54, 1.807) is 24.3 Å². The molecule has 0 aromatic heterocycles. The summed E-state index contributed by atoms with van der Waals surface area (Å²) in [6.45, 7) is 3.20. The lowest BCUT2D eigenvalue weighted by atomic mass is 10.3. The van der Waals surface area contributed by atoms with Gasteiger partial charge in [0, 0.05) is 12.3 Å². The number of hydrogen-bond donors (Lipinski definition) is 2. The number of halogens is 2. The summed E-state index contributed by atoms with van der Waals surface area (Å²) in [5.74, 6) is -0.0798. The summed E-state index contributed by atoms with van der Waals surface area (Å²) in [5.41, 5.74) is 0.751. The van der Waals surface area contributed by atoms with Gasteiger partial charge in [0.25, 0.3) is 0 Å². The Morgan fingerprint density at radius 2 is 1.96 bits per heavy atom. The molecule has 0 aliphatic rings. The van der Waals surface area contributed by atoms with Crippen LogP contribution in [-0.2, 0) is 4.74 Å². The Balaban J connectivity index is 2.02. The van der Waals surface area contributed by atoms with Gasteiger partial charge in [-0.1, -0.05) is 23.7 Å². The highest BCUT2D eigenvalue weighted by Gasteiger charge is 2.12. The normalized spacial score (nSPS) is 10.3. The molecular formula is C17H18ClFN2O3. The molecule has 0 heterocycles. The summed E-state index contributed by atoms with van der Waals surface area (Å²) in [7, 11) is 0. The predicted octanol–water partition coefficient (Wildman–Crippen LogP) is 4.54. The van der Waals surface area contributed by atoms with Crippen LogP contribution in [0.5, 0.6) is 5.75 Å². The number of para-hydroxylation sites is 1. The van der Waals surface area contributed by atoms with Gasteiger partial charge in [-0.2, -0.15) is 0 Å². The average Bonchev–Trinajstić information content (AvgIpc) is 2.53. The number of nitrogens with one attached hydrogen (secondary N) is 2. The van der Waals surface area contributed by atoms with Gasteiger partial charge in [0.1, 0.15) is 12.4 Å². The Kier molecular flexibility index (Phi) is 6.84. The molecule has 0 aliphatic heterocycles. The zero-order valence-corrected chi connectivity index (χ0v) is 13.9. The summed E-state index contributed by atoms with van der Waals surface area (Å²) < 4.78 is 23.9. The lowest BCUT2D eigenvalue weighted by molar-refractivity contribution is 0.110. The number of benzene rings is 2. The standard InChI is InChI=1S/C17H18ClFN2O3/c1-2-23-9-10-24-16-14(18)7-4-8-15(16)21-17(22)20-13-6-3-5-12(19)11-13/h3-8,11H,2,9-10H2,1H3,(H2,20,21,22). The molecule has 0 spiro atoms. The number of amides is 2. The second-order valence-electron chi connectivity index (χ2n) is 4.75. The lowest BCUT2D eigenvalue weighted by Crippen LogP contribution is -2.20. The smallest absolute Gasteiger partial charge is 0.323 e. The number of hydrogen-bond acceptors (Lipinski definition) is 3. The predicted molar refractivity (Wildman–Crippen MR) is 92.5 cm³/mol. The molecule has 0 unspecified atom stereocenters. The summed E-state index contributed by atoms with van der Waals surface area (Å²) >= 11 is 6.12. The van der Waals surface area contributed by atoms with Gasteiger partial charge in [-0.3, -0.25) is 0 Å². The molecule has 0 atom stereocenters. The number of carbonyl (C=O) groups excluding carboxylic acids is 1. The van der Waals surface area contributed by atoms with Gasteiger partial charge in [-0.15, -0.1) is 0 Å². The molecule has 2 amide bonds. The highest BCUT2D eigenvalue weighted by atomic mass is 35.5. The van der Waals surface area contributed by atoms with Crippen LogP contribution in [-0.4, -0.2) is 25.9 Å². The van der Waals surface area contributed by atoms with Crippen molar-refractivity contribution in [3.63, 3.8) is 0 Å². The number of carbonyl (C=O) groups is 1. The Bertz CT molecular complexity index is 697. The quantitative estimate of drug-likeness (QED) is 0.719. The van der Waals surface area contributed by atoms with E-state index in [0.29, 0.717) is 42.0 Å². The third-order valence-electron chi connectivity index (χ3n) is 2.98. The Morgan fingerprint density at radius 1 is 1.17 bits per heavy atom. The van der Waals surface area contributed by atoms with Crippen molar-refractivity contribution in [3.8, 4) is 5.75 Å². The van der Waals surface area contributed by atoms with Crippen LogP contribution in [0.4, 0.5) is 20.6 Å². The van der Waals surface area contributed by atoms with E-state index in [0.717, 1.165) is 0 Å². The summed E-state index contributed by atoms with van der Waals surface area (Å²) in [4.78, 5) is 12.1. The molecular weight excluding hydrogens is 335 g/mol. The lowest BCUT2D eigenvalue weighted by Gasteiger charge is -2.14. The highest BCUT2D eigenvalue weighted by molar-refractivity contribution is 6.32. The third kappa shape index (κ3) is 5.40. The maximum Gasteiger partial charge on any atom is 0.323 e. The maximum absolute atomic E-state index is 13.1. The van der Waals surface area contributed by atoms with Crippen LogP contribution < -0.4 is 15.4 Å². The summed E-state index contributed by atoms with van der Waals surface area (Å²) in [6, 6.07) is 10.1. The molecule has 2 rings (SSSR count). The third-order valence-corrected chi connectivity index (χ3v) is 3.27. The van der Waals surface area contributed by atoms with Gasteiger partial charge < -0.3 is 20.1 Å². The van der Waals surface area contributed by atoms with E-state index in [9.17, 15) is 9.18 Å². The van der Waals surface area contributed by atoms with Crippen LogP contribution in [0, 0.1) is 5.82 Å². The number of urea groups is 1. The molecule has 24 heavy (non-hydrogen) atoms. The molecule has 128 valence electrons. The van der Waals surface area contributed by atoms with Gasteiger partial charge in [-0.25, -0.2) is 9.18 Å². The number of anilines is 2. The number of ether oxygens (including phenoxy) is 2. The molecule has 0 radical (unpaired) electrons. The van der Waals surface area contributed by atoms with Crippen molar-refractivity contribution in [1.82, 2.24) is 0 Å². The zero-order valence-electron chi connectivity index (χ0n) is 13.1. The van der Waals surface area contributed by atoms with E-state index in [1.165, 1.54) is 18.2 Å². The molecule has 7 heteroatoms. The van der Waals surface area contributed by atoms with Crippen molar-refractivity contribution in [3.05, 3.63) is 53.3 Å². The Labute approximate surface area is 144 Å². The molecule has 0 fully saturated rings. The Hall–Kier alpha value is -2.31. The first-order valence-corrected chi connectivity index (χ1v) is 7.80. The molecule has 2 aromatic carbocycles. The minimum atomic E-state index is -0.530. The molecule has 0 saturated heterocycles. The molecule has 2 N–H and O–H groups in total. The van der Waals surface area contributed by atoms with Crippen LogP contribution >= 0.6 is 11.6 Å². The maximum atomic E-state index is 13.1. The largest absolute Gasteiger partial charge is 0.487 e. The van der Waals surface area contributed by atoms with Crippen LogP contribution in [0.2, 0.25) is 5.02 Å². The fourth-order valence-electron chi connectivity index (χ4n) is 1.95. The van der Waals surface area contributed by atoms with Crippen molar-refractivity contribution in [2.24, 2.45) is 0 Å². The zero-order chi connectivity index (χ0) is 17.4. The van der Waals surface area contributed by atoms with Crippen molar-refractivity contribution >= 4 is 29.0 Å². The molecule has 5 nitrogen and oxygen atoms in total. The summed E-state index contributed by atoms with van der Waals surface area (Å²) in [6.07, 6.45) is 0. The first-order chi connectivity index (χ1) is 11.6. The van der Waals surface area contributed by atoms with E-state index in [4.69, 9.17) is 21.1 Å². The van der Waals surface area contributed by atoms with E-state index in [1.807, 2.05) is 6.92 Å². The monoisotopic (exact) mass is 352 g/mol. The molecule has 2 aromatic rings. The Morgan fingerprint density at radius 3 is 2.71 bits per heavy atom. The van der Waals surface area contributed by atoms with E-state index < -0.39 is 11.8 Å². The van der Waals surface area contributed by atoms with Crippen molar-refractivity contribution in [2.45, 2.75) is 6.92 Å². The minimum absolute atomic E-state index is 0.303. The van der Waals surface area contributed by atoms with Gasteiger partial charge in [0.05, 0.1) is 17.3 Å². The van der Waals surface area contributed by atoms with Crippen LogP contribution in [0.1, 0.15) is 6.92 Å². The SMILES string of the molecule is CCOCCOc1c(Cl)cccc1NC(=O)Nc1cccc(F)c1. The first kappa shape index (κ1) is 18.0. The van der Waals surface area contributed by atoms with E-state index in [2.05, 4.69) is 10.6 Å². The second kappa shape index (κ2) is 9.10. The molecule has 0 aliphatic carbocycles. The fraction of sp³-hybridized carbons (Fsp3) is 0.235. The van der Waals surface area contributed by atoms with Gasteiger partial charge in [-0.05, 0) is 37.3 Å². The topological polar surface area (TPSA) is 59.6 Å². The number of rotatable bonds is 7. The average molecular weight is 353 g/mol. The molecule has 0 bridgehead atoms. The van der Waals surface area contributed by atoms with Crippen LogP contribution in [0.25, 0.3) is 0 Å². The second-order valence-corrected chi connectivity index (χ2v) is 5.16. The fourth-order valence-corrected chi connectivity index (χ4v) is 2.18.